The molecule has 0 spiro atoms. The molecule has 3 saturated heterocycles. The normalized spacial score (nSPS) is 54.6. The second-order valence-electron chi connectivity index (χ2n) is 8.31. The van der Waals surface area contributed by atoms with Gasteiger partial charge in [0, 0.05) is 4.75 Å². The lowest BCUT2D eigenvalue weighted by Crippen LogP contribution is -2.40. The minimum Gasteiger partial charge on any atom is -0.373 e. The standard InChI is InChI=1S/C17H28BO4PS2/c1-5-17-9-19-13(15(18)20-17)14(17)22-23(24)21-12-8-11(10(2)3)6-7-16(12,4)25-23/h11-15H,2,5-9,18H2,1,3-4H3/t11-,12+,13+,14-,15+,16+,17-,23-/m0/s1. The molecule has 1 saturated carbocycles. The lowest BCUT2D eigenvalue weighted by molar-refractivity contribution is -0.117. The van der Waals surface area contributed by atoms with Gasteiger partial charge in [-0.3, -0.25) is 0 Å². The van der Waals surface area contributed by atoms with E-state index in [9.17, 15) is 0 Å². The number of hydrogen-bond acceptors (Lipinski definition) is 6. The molecule has 0 N–H and O–H groups in total. The monoisotopic (exact) mass is 402 g/mol. The molecule has 0 radical (unpaired) electrons. The molecule has 140 valence electrons. The molecule has 0 aromatic heterocycles. The Hall–Kier alpha value is 0.645. The molecular formula is C17H28BO4PS2. The number of rotatable bonds is 4. The molecule has 4 fully saturated rings. The summed E-state index contributed by atoms with van der Waals surface area (Å²) in [6, 6.07) is 0.0542. The maximum absolute atomic E-state index is 6.56. The van der Waals surface area contributed by atoms with Gasteiger partial charge >= 0.3 is 0 Å². The van der Waals surface area contributed by atoms with Crippen LogP contribution in [0.1, 0.15) is 46.5 Å². The van der Waals surface area contributed by atoms with Gasteiger partial charge < -0.3 is 18.5 Å². The molecular weight excluding hydrogens is 374 g/mol. The summed E-state index contributed by atoms with van der Waals surface area (Å²) in [4.78, 5) is 0. The van der Waals surface area contributed by atoms with Crippen molar-refractivity contribution in [3.8, 4) is 0 Å². The van der Waals surface area contributed by atoms with Gasteiger partial charge in [-0.25, -0.2) is 0 Å². The number of allylic oxidation sites excluding steroid dienone is 1. The molecule has 4 rings (SSSR count). The van der Waals surface area contributed by atoms with Crippen molar-refractivity contribution in [1.82, 2.24) is 0 Å². The zero-order chi connectivity index (χ0) is 18.0. The Morgan fingerprint density at radius 1 is 1.52 bits per heavy atom. The summed E-state index contributed by atoms with van der Waals surface area (Å²) in [5.41, 5.74) is -1.50. The first kappa shape index (κ1) is 19.0. The van der Waals surface area contributed by atoms with E-state index in [1.807, 2.05) is 0 Å². The topological polar surface area (TPSA) is 36.9 Å². The molecule has 4 nitrogen and oxygen atoms in total. The minimum atomic E-state index is -2.40. The predicted octanol–water partition coefficient (Wildman–Crippen LogP) is 3.40. The molecule has 8 heteroatoms. The van der Waals surface area contributed by atoms with Gasteiger partial charge in [0.05, 0.1) is 18.7 Å². The second kappa shape index (κ2) is 6.33. The predicted molar refractivity (Wildman–Crippen MR) is 108 cm³/mol. The SMILES string of the molecule is B[C@@H]1O[C@@]2(CC)CO[C@@H]1[C@@H]2O[P@]1(=S)O[C@@H]2C[C@@H](C(=C)C)CC[C@@]2(C)S1. The summed E-state index contributed by atoms with van der Waals surface area (Å²) in [6.45, 7) is 11.3. The highest BCUT2D eigenvalue weighted by atomic mass is 32.9. The van der Waals surface area contributed by atoms with Crippen LogP contribution in [0.3, 0.4) is 0 Å². The summed E-state index contributed by atoms with van der Waals surface area (Å²) in [7, 11) is 2.06. The van der Waals surface area contributed by atoms with Gasteiger partial charge in [0.25, 0.3) is 0 Å². The van der Waals surface area contributed by atoms with E-state index in [1.54, 1.807) is 11.4 Å². The summed E-state index contributed by atoms with van der Waals surface area (Å²) >= 11 is 7.74. The van der Waals surface area contributed by atoms with Crippen molar-refractivity contribution in [2.24, 2.45) is 5.92 Å². The highest BCUT2D eigenvalue weighted by Crippen LogP contribution is 2.76. The van der Waals surface area contributed by atoms with E-state index in [1.165, 1.54) is 12.0 Å². The van der Waals surface area contributed by atoms with E-state index in [0.29, 0.717) is 12.5 Å². The van der Waals surface area contributed by atoms with Crippen LogP contribution in [-0.4, -0.2) is 49.1 Å². The Bertz CT molecular complexity index is 634. The molecule has 0 aromatic rings. The van der Waals surface area contributed by atoms with Crippen molar-refractivity contribution in [2.45, 2.75) is 81.1 Å². The lowest BCUT2D eigenvalue weighted by Gasteiger charge is -2.37. The van der Waals surface area contributed by atoms with E-state index in [-0.39, 0.29) is 34.7 Å². The van der Waals surface area contributed by atoms with Gasteiger partial charge in [-0.1, -0.05) is 30.5 Å². The molecule has 0 amide bonds. The molecule has 1 aliphatic carbocycles. The van der Waals surface area contributed by atoms with Crippen LogP contribution in [0.2, 0.25) is 0 Å². The summed E-state index contributed by atoms with van der Waals surface area (Å²) < 4.78 is 25.2. The smallest absolute Gasteiger partial charge is 0.248 e. The first-order valence-corrected chi connectivity index (χ1v) is 13.4. The van der Waals surface area contributed by atoms with Crippen molar-refractivity contribution in [2.75, 3.05) is 6.61 Å². The molecule has 0 aromatic carbocycles. The van der Waals surface area contributed by atoms with Gasteiger partial charge in [0.15, 0.2) is 0 Å². The zero-order valence-electron chi connectivity index (χ0n) is 15.5. The van der Waals surface area contributed by atoms with Crippen molar-refractivity contribution < 1.29 is 18.5 Å². The number of hydrogen-bond donors (Lipinski definition) is 0. The van der Waals surface area contributed by atoms with Gasteiger partial charge in [-0.2, -0.15) is 0 Å². The Kier molecular flexibility index (Phi) is 4.81. The third-order valence-corrected chi connectivity index (χ3v) is 12.2. The van der Waals surface area contributed by atoms with Crippen LogP contribution in [-0.2, 0) is 30.3 Å². The van der Waals surface area contributed by atoms with Crippen LogP contribution in [0.25, 0.3) is 0 Å². The van der Waals surface area contributed by atoms with Crippen LogP contribution < -0.4 is 0 Å². The van der Waals surface area contributed by atoms with Crippen LogP contribution in [0.15, 0.2) is 12.2 Å². The summed E-state index contributed by atoms with van der Waals surface area (Å²) in [5, 5.41) is 0. The Labute approximate surface area is 161 Å². The fraction of sp³-hybridized carbons (Fsp3) is 0.882. The quantitative estimate of drug-likeness (QED) is 0.408. The van der Waals surface area contributed by atoms with Crippen molar-refractivity contribution in [3.05, 3.63) is 12.2 Å². The van der Waals surface area contributed by atoms with Crippen LogP contribution in [0.4, 0.5) is 0 Å². The molecule has 3 aliphatic heterocycles. The Morgan fingerprint density at radius 3 is 2.92 bits per heavy atom. The van der Waals surface area contributed by atoms with Crippen molar-refractivity contribution in [1.29, 1.82) is 0 Å². The maximum atomic E-state index is 6.56. The average Bonchev–Trinajstić information content (AvgIpc) is 3.10. The van der Waals surface area contributed by atoms with Gasteiger partial charge in [-0.05, 0) is 57.3 Å². The van der Waals surface area contributed by atoms with Gasteiger partial charge in [-0.15, -0.1) is 0 Å². The maximum Gasteiger partial charge on any atom is 0.248 e. The van der Waals surface area contributed by atoms with Gasteiger partial charge in [0.1, 0.15) is 25.7 Å². The molecule has 0 unspecified atom stereocenters. The number of fused-ring (bicyclic) bond motifs is 3. The zero-order valence-corrected chi connectivity index (χ0v) is 18.1. The van der Waals surface area contributed by atoms with Crippen molar-refractivity contribution >= 4 is 36.7 Å². The van der Waals surface area contributed by atoms with E-state index in [0.717, 1.165) is 19.3 Å². The van der Waals surface area contributed by atoms with E-state index in [2.05, 4.69) is 35.2 Å². The summed E-state index contributed by atoms with van der Waals surface area (Å²) in [5.74, 6) is 0.538. The molecule has 4 aliphatic rings. The Morgan fingerprint density at radius 2 is 2.28 bits per heavy atom. The highest BCUT2D eigenvalue weighted by Gasteiger charge is 2.63. The van der Waals surface area contributed by atoms with E-state index in [4.69, 9.17) is 30.3 Å². The first-order chi connectivity index (χ1) is 11.7. The van der Waals surface area contributed by atoms with E-state index < -0.39 is 5.69 Å². The highest BCUT2D eigenvalue weighted by molar-refractivity contribution is 8.68. The molecule has 25 heavy (non-hydrogen) atoms. The second-order valence-corrected chi connectivity index (χ2v) is 14.9. The van der Waals surface area contributed by atoms with Crippen molar-refractivity contribution in [3.63, 3.8) is 0 Å². The fourth-order valence-electron chi connectivity index (χ4n) is 4.74. The largest absolute Gasteiger partial charge is 0.373 e. The van der Waals surface area contributed by atoms with Crippen LogP contribution in [0.5, 0.6) is 0 Å². The van der Waals surface area contributed by atoms with Crippen LogP contribution >= 0.6 is 17.1 Å². The molecule has 8 atom stereocenters. The first-order valence-electron chi connectivity index (χ1n) is 9.33. The lowest BCUT2D eigenvalue weighted by atomic mass is 9.77. The minimum absolute atomic E-state index is 0.0254. The molecule has 2 bridgehead atoms. The Balaban J connectivity index is 1.52. The third-order valence-electron chi connectivity index (χ3n) is 6.50. The summed E-state index contributed by atoms with van der Waals surface area (Å²) in [6.07, 6.45) is 4.19. The fourth-order valence-corrected chi connectivity index (χ4v) is 12.3. The molecule has 3 heterocycles. The third kappa shape index (κ3) is 3.02. The van der Waals surface area contributed by atoms with Crippen LogP contribution in [0, 0.1) is 5.92 Å². The number of ether oxygens (including phenoxy) is 2. The van der Waals surface area contributed by atoms with Gasteiger partial charge in [0.2, 0.25) is 5.69 Å². The average molecular weight is 402 g/mol. The van der Waals surface area contributed by atoms with E-state index >= 15 is 0 Å².